The number of carbonyl (C=O) groups excluding carboxylic acids is 1. The van der Waals surface area contributed by atoms with Gasteiger partial charge in [0.1, 0.15) is 5.75 Å². The third-order valence-electron chi connectivity index (χ3n) is 5.00. The number of benzene rings is 2. The molecule has 3 rings (SSSR count). The Morgan fingerprint density at radius 2 is 1.88 bits per heavy atom. The van der Waals surface area contributed by atoms with E-state index in [0.29, 0.717) is 13.0 Å². The molecule has 1 amide bonds. The van der Waals surface area contributed by atoms with Gasteiger partial charge < -0.3 is 9.64 Å². The van der Waals surface area contributed by atoms with Crippen LogP contribution in [0.25, 0.3) is 0 Å². The molecule has 1 aliphatic heterocycles. The molecule has 3 nitrogen and oxygen atoms in total. The predicted molar refractivity (Wildman–Crippen MR) is 101 cm³/mol. The van der Waals surface area contributed by atoms with Crippen molar-refractivity contribution in [3.8, 4) is 5.75 Å². The average molecular weight is 337 g/mol. The second-order valence-corrected chi connectivity index (χ2v) is 6.76. The van der Waals surface area contributed by atoms with Crippen LogP contribution < -0.4 is 4.74 Å². The Morgan fingerprint density at radius 3 is 2.56 bits per heavy atom. The molecule has 1 aliphatic rings. The standard InChI is InChI=1S/C22H27NO2/c1-3-25-20-13-11-19(12-14-20)21-10-7-15-23(21)22(24)16-17(2)18-8-5-4-6-9-18/h4-6,8-9,11-14,17,21H,3,7,10,15-16H2,1-2H3. The molecule has 1 saturated heterocycles. The van der Waals surface area contributed by atoms with E-state index in [2.05, 4.69) is 36.1 Å². The normalized spacial score (nSPS) is 18.2. The van der Waals surface area contributed by atoms with Gasteiger partial charge in [-0.25, -0.2) is 0 Å². The SMILES string of the molecule is CCOc1ccc(C2CCCN2C(=O)CC(C)c2ccccc2)cc1. The molecule has 132 valence electrons. The fraction of sp³-hybridized carbons (Fsp3) is 0.409. The highest BCUT2D eigenvalue weighted by molar-refractivity contribution is 5.78. The van der Waals surface area contributed by atoms with Crippen LogP contribution in [0.4, 0.5) is 0 Å². The first-order chi connectivity index (χ1) is 12.2. The molecule has 2 aromatic rings. The van der Waals surface area contributed by atoms with Crippen LogP contribution in [0.3, 0.4) is 0 Å². The summed E-state index contributed by atoms with van der Waals surface area (Å²) in [5, 5.41) is 0. The first-order valence-corrected chi connectivity index (χ1v) is 9.26. The summed E-state index contributed by atoms with van der Waals surface area (Å²) >= 11 is 0. The first-order valence-electron chi connectivity index (χ1n) is 9.26. The van der Waals surface area contributed by atoms with Gasteiger partial charge in [0.25, 0.3) is 0 Å². The number of carbonyl (C=O) groups is 1. The minimum atomic E-state index is 0.200. The summed E-state index contributed by atoms with van der Waals surface area (Å²) in [6.07, 6.45) is 2.68. The van der Waals surface area contributed by atoms with Crippen LogP contribution >= 0.6 is 0 Å². The largest absolute Gasteiger partial charge is 0.494 e. The Hall–Kier alpha value is -2.29. The van der Waals surface area contributed by atoms with E-state index in [1.807, 2.05) is 37.3 Å². The summed E-state index contributed by atoms with van der Waals surface area (Å²) in [7, 11) is 0. The number of hydrogen-bond donors (Lipinski definition) is 0. The van der Waals surface area contributed by atoms with Crippen molar-refractivity contribution in [3.05, 3.63) is 65.7 Å². The van der Waals surface area contributed by atoms with E-state index in [1.54, 1.807) is 0 Å². The van der Waals surface area contributed by atoms with Crippen molar-refractivity contribution in [3.63, 3.8) is 0 Å². The molecule has 0 aliphatic carbocycles. The molecule has 1 heterocycles. The summed E-state index contributed by atoms with van der Waals surface area (Å²) in [6.45, 7) is 5.65. The molecule has 0 radical (unpaired) electrons. The smallest absolute Gasteiger partial charge is 0.223 e. The Bertz CT molecular complexity index is 681. The average Bonchev–Trinajstić information content (AvgIpc) is 3.13. The van der Waals surface area contributed by atoms with Gasteiger partial charge in [0.05, 0.1) is 12.6 Å². The molecule has 0 bridgehead atoms. The van der Waals surface area contributed by atoms with E-state index in [9.17, 15) is 4.79 Å². The Balaban J connectivity index is 1.67. The van der Waals surface area contributed by atoms with Crippen molar-refractivity contribution >= 4 is 5.91 Å². The lowest BCUT2D eigenvalue weighted by atomic mass is 9.96. The van der Waals surface area contributed by atoms with Gasteiger partial charge in [-0.15, -0.1) is 0 Å². The summed E-state index contributed by atoms with van der Waals surface area (Å²) in [4.78, 5) is 14.9. The van der Waals surface area contributed by atoms with Crippen LogP contribution in [-0.2, 0) is 4.79 Å². The van der Waals surface area contributed by atoms with Gasteiger partial charge in [-0.1, -0.05) is 49.4 Å². The topological polar surface area (TPSA) is 29.5 Å². The molecule has 1 fully saturated rings. The lowest BCUT2D eigenvalue weighted by Gasteiger charge is -2.26. The zero-order valence-corrected chi connectivity index (χ0v) is 15.2. The molecular weight excluding hydrogens is 310 g/mol. The zero-order valence-electron chi connectivity index (χ0n) is 15.2. The van der Waals surface area contributed by atoms with Gasteiger partial charge in [-0.2, -0.15) is 0 Å². The Labute approximate surface area is 150 Å². The van der Waals surface area contributed by atoms with Crippen LogP contribution in [-0.4, -0.2) is 24.0 Å². The number of amides is 1. The van der Waals surface area contributed by atoms with Gasteiger partial charge in [0, 0.05) is 13.0 Å². The highest BCUT2D eigenvalue weighted by atomic mass is 16.5. The van der Waals surface area contributed by atoms with Crippen molar-refractivity contribution < 1.29 is 9.53 Å². The van der Waals surface area contributed by atoms with Crippen molar-refractivity contribution in [2.45, 2.75) is 45.1 Å². The Kier molecular flexibility index (Phi) is 5.75. The van der Waals surface area contributed by atoms with E-state index in [0.717, 1.165) is 25.1 Å². The van der Waals surface area contributed by atoms with Gasteiger partial charge in [-0.3, -0.25) is 4.79 Å². The first kappa shape index (κ1) is 17.5. The molecule has 0 N–H and O–H groups in total. The molecule has 0 aromatic heterocycles. The Morgan fingerprint density at radius 1 is 1.16 bits per heavy atom. The fourth-order valence-electron chi connectivity index (χ4n) is 3.64. The molecular formula is C22H27NO2. The van der Waals surface area contributed by atoms with E-state index in [4.69, 9.17) is 4.74 Å². The third kappa shape index (κ3) is 4.22. The van der Waals surface area contributed by atoms with Crippen LogP contribution in [0.15, 0.2) is 54.6 Å². The highest BCUT2D eigenvalue weighted by Gasteiger charge is 2.30. The second-order valence-electron chi connectivity index (χ2n) is 6.76. The highest BCUT2D eigenvalue weighted by Crippen LogP contribution is 2.34. The van der Waals surface area contributed by atoms with Crippen molar-refractivity contribution in [2.24, 2.45) is 0 Å². The zero-order chi connectivity index (χ0) is 17.6. The number of hydrogen-bond acceptors (Lipinski definition) is 2. The van der Waals surface area contributed by atoms with Gasteiger partial charge >= 0.3 is 0 Å². The quantitative estimate of drug-likeness (QED) is 0.747. The van der Waals surface area contributed by atoms with Crippen molar-refractivity contribution in [1.82, 2.24) is 4.90 Å². The van der Waals surface area contributed by atoms with Crippen molar-refractivity contribution in [2.75, 3.05) is 13.2 Å². The third-order valence-corrected chi connectivity index (χ3v) is 5.00. The van der Waals surface area contributed by atoms with Crippen LogP contribution in [0.1, 0.15) is 56.2 Å². The van der Waals surface area contributed by atoms with Crippen LogP contribution in [0, 0.1) is 0 Å². The van der Waals surface area contributed by atoms with Gasteiger partial charge in [0.15, 0.2) is 0 Å². The number of ether oxygens (including phenoxy) is 1. The number of rotatable bonds is 6. The van der Waals surface area contributed by atoms with Gasteiger partial charge in [-0.05, 0) is 48.9 Å². The monoisotopic (exact) mass is 337 g/mol. The van der Waals surface area contributed by atoms with E-state index < -0.39 is 0 Å². The maximum absolute atomic E-state index is 12.9. The fourth-order valence-corrected chi connectivity index (χ4v) is 3.64. The van der Waals surface area contributed by atoms with E-state index in [-0.39, 0.29) is 17.9 Å². The van der Waals surface area contributed by atoms with Gasteiger partial charge in [0.2, 0.25) is 5.91 Å². The van der Waals surface area contributed by atoms with Crippen molar-refractivity contribution in [1.29, 1.82) is 0 Å². The summed E-state index contributed by atoms with van der Waals surface area (Å²) in [5.41, 5.74) is 2.44. The molecule has 2 atom stereocenters. The van der Waals surface area contributed by atoms with Crippen LogP contribution in [0.5, 0.6) is 5.75 Å². The summed E-state index contributed by atoms with van der Waals surface area (Å²) < 4.78 is 5.52. The minimum Gasteiger partial charge on any atom is -0.494 e. The number of likely N-dealkylation sites (tertiary alicyclic amines) is 1. The molecule has 3 heteroatoms. The molecule has 0 spiro atoms. The molecule has 25 heavy (non-hydrogen) atoms. The molecule has 2 unspecified atom stereocenters. The molecule has 2 aromatic carbocycles. The minimum absolute atomic E-state index is 0.200. The van der Waals surface area contributed by atoms with Crippen LogP contribution in [0.2, 0.25) is 0 Å². The lowest BCUT2D eigenvalue weighted by Crippen LogP contribution is -2.31. The predicted octanol–water partition coefficient (Wildman–Crippen LogP) is 4.94. The summed E-state index contributed by atoms with van der Waals surface area (Å²) in [5.74, 6) is 1.39. The summed E-state index contributed by atoms with van der Waals surface area (Å²) in [6, 6.07) is 18.7. The van der Waals surface area contributed by atoms with E-state index >= 15 is 0 Å². The second kappa shape index (κ2) is 8.19. The van der Waals surface area contributed by atoms with E-state index in [1.165, 1.54) is 11.1 Å². The lowest BCUT2D eigenvalue weighted by molar-refractivity contribution is -0.132. The molecule has 0 saturated carbocycles. The number of nitrogens with zero attached hydrogens (tertiary/aromatic N) is 1. The maximum atomic E-state index is 12.9. The maximum Gasteiger partial charge on any atom is 0.223 e.